The first-order valence-corrected chi connectivity index (χ1v) is 17.6. The highest BCUT2D eigenvalue weighted by molar-refractivity contribution is 5.70. The van der Waals surface area contributed by atoms with Crippen LogP contribution < -0.4 is 9.47 Å². The molecular weight excluding hydrogens is 528 g/mol. The second-order valence-corrected chi connectivity index (χ2v) is 12.3. The Bertz CT molecular complexity index is 935. The van der Waals surface area contributed by atoms with Gasteiger partial charge in [0.25, 0.3) is 0 Å². The SMILES string of the molecule is CCCCCCCCCCCC(=O)O.CCCCCCCCCCCC[n+]1ccc(/C=C/c2ccc(N(C)C)cc2)cc1. The fourth-order valence-electron chi connectivity index (χ4n) is 5.17. The summed E-state index contributed by atoms with van der Waals surface area (Å²) in [7, 11) is 4.14. The maximum absolute atomic E-state index is 10.2. The van der Waals surface area contributed by atoms with E-state index < -0.39 is 5.97 Å². The van der Waals surface area contributed by atoms with E-state index in [9.17, 15) is 4.79 Å². The van der Waals surface area contributed by atoms with E-state index in [2.05, 4.69) is 98.4 Å². The highest BCUT2D eigenvalue weighted by Gasteiger charge is 2.01. The van der Waals surface area contributed by atoms with E-state index in [4.69, 9.17) is 5.11 Å². The number of aromatic nitrogens is 1. The highest BCUT2D eigenvalue weighted by atomic mass is 16.4. The molecule has 0 saturated carbocycles. The molecule has 0 radical (unpaired) electrons. The molecular formula is C39H65N2O2+. The average molecular weight is 594 g/mol. The van der Waals surface area contributed by atoms with Gasteiger partial charge >= 0.3 is 5.97 Å². The maximum atomic E-state index is 10.2. The lowest BCUT2D eigenvalue weighted by molar-refractivity contribution is -0.697. The normalized spacial score (nSPS) is 11.0. The van der Waals surface area contributed by atoms with Crippen molar-refractivity contribution in [2.24, 2.45) is 0 Å². The van der Waals surface area contributed by atoms with E-state index in [0.29, 0.717) is 6.42 Å². The van der Waals surface area contributed by atoms with Gasteiger partial charge in [0.05, 0.1) is 0 Å². The summed E-state index contributed by atoms with van der Waals surface area (Å²) in [5, 5.41) is 8.41. The number of carbonyl (C=O) groups is 1. The number of hydrogen-bond acceptors (Lipinski definition) is 2. The zero-order chi connectivity index (χ0) is 31.4. The van der Waals surface area contributed by atoms with Crippen molar-refractivity contribution in [3.05, 3.63) is 59.9 Å². The van der Waals surface area contributed by atoms with Gasteiger partial charge < -0.3 is 10.0 Å². The molecule has 43 heavy (non-hydrogen) atoms. The molecule has 4 nitrogen and oxygen atoms in total. The fourth-order valence-corrected chi connectivity index (χ4v) is 5.17. The van der Waals surface area contributed by atoms with Gasteiger partial charge in [-0.05, 0) is 36.1 Å². The van der Waals surface area contributed by atoms with Crippen molar-refractivity contribution in [3.63, 3.8) is 0 Å². The molecule has 0 bridgehead atoms. The molecule has 2 aromatic rings. The smallest absolute Gasteiger partial charge is 0.303 e. The van der Waals surface area contributed by atoms with Gasteiger partial charge in [0.2, 0.25) is 0 Å². The number of carboxylic acid groups (broad SMARTS) is 1. The molecule has 0 fully saturated rings. The van der Waals surface area contributed by atoms with E-state index >= 15 is 0 Å². The molecule has 0 unspecified atom stereocenters. The Hall–Kier alpha value is -2.62. The molecule has 0 amide bonds. The van der Waals surface area contributed by atoms with Gasteiger partial charge in [-0.3, -0.25) is 4.79 Å². The summed E-state index contributed by atoms with van der Waals surface area (Å²) in [6.45, 7) is 5.64. The molecule has 0 aliphatic rings. The fraction of sp³-hybridized carbons (Fsp3) is 0.641. The van der Waals surface area contributed by atoms with Gasteiger partial charge in [0.1, 0.15) is 6.54 Å². The Labute approximate surface area is 265 Å². The number of nitrogens with zero attached hydrogens (tertiary/aromatic N) is 2. The average Bonchev–Trinajstić information content (AvgIpc) is 3.01. The topological polar surface area (TPSA) is 44.4 Å². The Morgan fingerprint density at radius 1 is 0.605 bits per heavy atom. The number of unbranched alkanes of at least 4 members (excludes halogenated alkanes) is 17. The molecule has 242 valence electrons. The third-order valence-corrected chi connectivity index (χ3v) is 8.06. The number of benzene rings is 1. The molecule has 4 heteroatoms. The first-order chi connectivity index (χ1) is 21.0. The lowest BCUT2D eigenvalue weighted by Gasteiger charge is -2.11. The molecule has 1 N–H and O–H groups in total. The number of anilines is 1. The number of pyridine rings is 1. The molecule has 1 aromatic heterocycles. The van der Waals surface area contributed by atoms with Crippen molar-refractivity contribution >= 4 is 23.8 Å². The third-order valence-electron chi connectivity index (χ3n) is 8.06. The lowest BCUT2D eigenvalue weighted by atomic mass is 10.1. The van der Waals surface area contributed by atoms with E-state index in [1.54, 1.807) is 0 Å². The molecule has 1 aromatic carbocycles. The maximum Gasteiger partial charge on any atom is 0.303 e. The third kappa shape index (κ3) is 22.6. The standard InChI is InChI=1S/C27H41N2.C12H24O2/c1-4-5-6-7-8-9-10-11-12-13-22-29-23-20-26(21-24-29)15-14-25-16-18-27(19-17-25)28(2)3;1-2-3-4-5-6-7-8-9-10-11-12(13)14/h14-21,23-24H,4-13,22H2,1-3H3;2-11H2,1H3,(H,13,14)/q+1;. The van der Waals surface area contributed by atoms with Gasteiger partial charge in [-0.2, -0.15) is 0 Å². The van der Waals surface area contributed by atoms with Gasteiger partial charge in [0, 0.05) is 44.8 Å². The van der Waals surface area contributed by atoms with Gasteiger partial charge in [-0.25, -0.2) is 4.57 Å². The van der Waals surface area contributed by atoms with Crippen molar-refractivity contribution in [3.8, 4) is 0 Å². The second kappa shape index (κ2) is 27.0. The lowest BCUT2D eigenvalue weighted by Crippen LogP contribution is -2.32. The van der Waals surface area contributed by atoms with Crippen molar-refractivity contribution in [1.29, 1.82) is 0 Å². The molecule has 0 atom stereocenters. The minimum Gasteiger partial charge on any atom is -0.481 e. The summed E-state index contributed by atoms with van der Waals surface area (Å²) in [6.07, 6.45) is 34.2. The zero-order valence-electron chi connectivity index (χ0n) is 28.4. The summed E-state index contributed by atoms with van der Waals surface area (Å²) in [5.74, 6) is -0.659. The van der Waals surface area contributed by atoms with Crippen LogP contribution >= 0.6 is 0 Å². The van der Waals surface area contributed by atoms with Crippen LogP contribution in [0.4, 0.5) is 5.69 Å². The predicted molar refractivity (Wildman–Crippen MR) is 188 cm³/mol. The Balaban J connectivity index is 0.000000557. The summed E-state index contributed by atoms with van der Waals surface area (Å²) in [6, 6.07) is 13.1. The first kappa shape index (κ1) is 38.4. The zero-order valence-corrected chi connectivity index (χ0v) is 28.4. The molecule has 1 heterocycles. The summed E-state index contributed by atoms with van der Waals surface area (Å²) in [4.78, 5) is 12.3. The first-order valence-electron chi connectivity index (χ1n) is 17.6. The molecule has 0 saturated heterocycles. The number of aliphatic carboxylic acids is 1. The molecule has 0 aliphatic heterocycles. The van der Waals surface area contributed by atoms with E-state index in [1.807, 2.05) is 0 Å². The Morgan fingerprint density at radius 2 is 1.00 bits per heavy atom. The van der Waals surface area contributed by atoms with Crippen LogP contribution in [0.1, 0.15) is 153 Å². The van der Waals surface area contributed by atoms with Gasteiger partial charge in [-0.15, -0.1) is 0 Å². The largest absolute Gasteiger partial charge is 0.481 e. The number of aryl methyl sites for hydroxylation is 1. The highest BCUT2D eigenvalue weighted by Crippen LogP contribution is 2.15. The van der Waals surface area contributed by atoms with Crippen molar-refractivity contribution < 1.29 is 14.5 Å². The number of carboxylic acids is 1. The number of rotatable bonds is 24. The van der Waals surface area contributed by atoms with E-state index in [0.717, 1.165) is 19.4 Å². The molecule has 0 spiro atoms. The van der Waals surface area contributed by atoms with Crippen molar-refractivity contribution in [2.45, 2.75) is 149 Å². The quantitative estimate of drug-likeness (QED) is 0.0972. The van der Waals surface area contributed by atoms with Crippen LogP contribution in [-0.4, -0.2) is 25.2 Å². The summed E-state index contributed by atoms with van der Waals surface area (Å²) in [5.41, 5.74) is 3.72. The number of hydrogen-bond donors (Lipinski definition) is 1. The Kier molecular flexibility index (Phi) is 24.1. The van der Waals surface area contributed by atoms with Gasteiger partial charge in [0.15, 0.2) is 12.4 Å². The minimum absolute atomic E-state index is 0.343. The summed E-state index contributed by atoms with van der Waals surface area (Å²) < 4.78 is 2.31. The molecule has 0 aliphatic carbocycles. The predicted octanol–water partition coefficient (Wildman–Crippen LogP) is 11.1. The summed E-state index contributed by atoms with van der Waals surface area (Å²) >= 11 is 0. The van der Waals surface area contributed by atoms with Gasteiger partial charge in [-0.1, -0.05) is 141 Å². The van der Waals surface area contributed by atoms with Crippen LogP contribution in [0.5, 0.6) is 0 Å². The van der Waals surface area contributed by atoms with Crippen LogP contribution in [0.15, 0.2) is 48.8 Å². The van der Waals surface area contributed by atoms with Crippen LogP contribution in [0.3, 0.4) is 0 Å². The van der Waals surface area contributed by atoms with E-state index in [-0.39, 0.29) is 0 Å². The Morgan fingerprint density at radius 3 is 1.42 bits per heavy atom. The minimum atomic E-state index is -0.659. The van der Waals surface area contributed by atoms with E-state index in [1.165, 1.54) is 126 Å². The molecule has 2 rings (SSSR count). The monoisotopic (exact) mass is 594 g/mol. The van der Waals surface area contributed by atoms with Crippen LogP contribution in [-0.2, 0) is 11.3 Å². The van der Waals surface area contributed by atoms with Crippen LogP contribution in [0.25, 0.3) is 12.2 Å². The van der Waals surface area contributed by atoms with Crippen LogP contribution in [0.2, 0.25) is 0 Å². The van der Waals surface area contributed by atoms with Crippen molar-refractivity contribution in [1.82, 2.24) is 0 Å². The van der Waals surface area contributed by atoms with Crippen molar-refractivity contribution in [2.75, 3.05) is 19.0 Å². The second-order valence-electron chi connectivity index (χ2n) is 12.3. The van der Waals surface area contributed by atoms with Crippen LogP contribution in [0, 0.1) is 0 Å².